The molecule has 0 bridgehead atoms. The average Bonchev–Trinajstić information content (AvgIpc) is 3.24. The van der Waals surface area contributed by atoms with Crippen molar-refractivity contribution in [3.8, 4) is 0 Å². The number of nitrogens with zero attached hydrogens (tertiary/aromatic N) is 1. The molecule has 0 unspecified atom stereocenters. The Bertz CT molecular complexity index is 933. The number of anilines is 1. The van der Waals surface area contributed by atoms with Crippen LogP contribution in [0, 0.1) is 0 Å². The molecule has 158 valence electrons. The van der Waals surface area contributed by atoms with Gasteiger partial charge in [-0.25, -0.2) is 0 Å². The van der Waals surface area contributed by atoms with E-state index >= 15 is 0 Å². The molecule has 1 aliphatic heterocycles. The molecular formula is C25H30N2O3. The number of para-hydroxylation sites is 1. The smallest absolute Gasteiger partial charge is 0.254 e. The van der Waals surface area contributed by atoms with Crippen molar-refractivity contribution in [3.05, 3.63) is 65.2 Å². The van der Waals surface area contributed by atoms with Crippen molar-refractivity contribution in [2.45, 2.75) is 50.5 Å². The largest absolute Gasteiger partial charge is 0.383 e. The molecule has 30 heavy (non-hydrogen) atoms. The molecule has 0 radical (unpaired) electrons. The Hall–Kier alpha value is -2.66. The number of rotatable bonds is 6. The first-order valence-electron chi connectivity index (χ1n) is 10.9. The van der Waals surface area contributed by atoms with Crippen LogP contribution in [0.2, 0.25) is 0 Å². The van der Waals surface area contributed by atoms with E-state index in [9.17, 15) is 9.59 Å². The summed E-state index contributed by atoms with van der Waals surface area (Å²) >= 11 is 0. The molecular weight excluding hydrogens is 376 g/mol. The summed E-state index contributed by atoms with van der Waals surface area (Å²) < 4.78 is 5.31. The van der Waals surface area contributed by atoms with Crippen LogP contribution in [0.25, 0.3) is 0 Å². The Morgan fingerprint density at radius 3 is 2.57 bits per heavy atom. The van der Waals surface area contributed by atoms with E-state index in [2.05, 4.69) is 12.2 Å². The summed E-state index contributed by atoms with van der Waals surface area (Å²) in [5.74, 6) is -0.404. The molecule has 2 aliphatic rings. The van der Waals surface area contributed by atoms with Gasteiger partial charge in [-0.2, -0.15) is 0 Å². The van der Waals surface area contributed by atoms with Gasteiger partial charge in [-0.1, -0.05) is 56.2 Å². The molecule has 5 heteroatoms. The molecule has 0 aromatic heterocycles. The van der Waals surface area contributed by atoms with Crippen LogP contribution < -0.4 is 5.32 Å². The SMILES string of the molecule is CCc1ccccc1NC(=O)[C@@H]1c2ccccc2C(=O)N(CCOC)C12CCCC2. The van der Waals surface area contributed by atoms with Crippen molar-refractivity contribution in [1.82, 2.24) is 4.90 Å². The molecule has 1 atom stereocenters. The summed E-state index contributed by atoms with van der Waals surface area (Å²) in [6.45, 7) is 3.05. The Labute approximate surface area is 178 Å². The number of carbonyl (C=O) groups is 2. The summed E-state index contributed by atoms with van der Waals surface area (Å²) in [5, 5.41) is 3.21. The standard InChI is InChI=1S/C25H30N2O3/c1-3-18-10-4-7-13-21(18)26-23(28)22-19-11-5-6-12-20(19)24(29)27(16-17-30-2)25(22)14-8-9-15-25/h4-7,10-13,22H,3,8-9,14-17H2,1-2H3,(H,26,28)/t22-/m0/s1. The zero-order chi connectivity index (χ0) is 21.1. The van der Waals surface area contributed by atoms with Gasteiger partial charge < -0.3 is 15.0 Å². The Morgan fingerprint density at radius 2 is 1.83 bits per heavy atom. The van der Waals surface area contributed by atoms with E-state index in [0.717, 1.165) is 48.9 Å². The van der Waals surface area contributed by atoms with Crippen molar-refractivity contribution in [2.24, 2.45) is 0 Å². The topological polar surface area (TPSA) is 58.6 Å². The van der Waals surface area contributed by atoms with Crippen LogP contribution in [0.1, 0.15) is 60.0 Å². The van der Waals surface area contributed by atoms with Crippen molar-refractivity contribution in [1.29, 1.82) is 0 Å². The minimum absolute atomic E-state index is 0.0163. The Morgan fingerprint density at radius 1 is 1.13 bits per heavy atom. The van der Waals surface area contributed by atoms with E-state index in [1.54, 1.807) is 7.11 Å². The lowest BCUT2D eigenvalue weighted by Crippen LogP contribution is -2.60. The third kappa shape index (κ3) is 3.41. The van der Waals surface area contributed by atoms with Crippen molar-refractivity contribution in [2.75, 3.05) is 25.6 Å². The zero-order valence-corrected chi connectivity index (χ0v) is 17.8. The lowest BCUT2D eigenvalue weighted by molar-refractivity contribution is -0.121. The normalized spacial score (nSPS) is 19.7. The summed E-state index contributed by atoms with van der Waals surface area (Å²) in [6, 6.07) is 15.6. The van der Waals surface area contributed by atoms with Gasteiger partial charge in [0.2, 0.25) is 5.91 Å². The number of benzene rings is 2. The molecule has 1 spiro atoms. The van der Waals surface area contributed by atoms with Gasteiger partial charge >= 0.3 is 0 Å². The average molecular weight is 407 g/mol. The van der Waals surface area contributed by atoms with Gasteiger partial charge in [0.05, 0.1) is 18.1 Å². The van der Waals surface area contributed by atoms with Crippen LogP contribution in [0.15, 0.2) is 48.5 Å². The van der Waals surface area contributed by atoms with Gasteiger partial charge in [-0.15, -0.1) is 0 Å². The number of aryl methyl sites for hydroxylation is 1. The molecule has 1 heterocycles. The van der Waals surface area contributed by atoms with E-state index in [4.69, 9.17) is 4.74 Å². The quantitative estimate of drug-likeness (QED) is 0.774. The maximum atomic E-state index is 13.8. The number of carbonyl (C=O) groups excluding carboxylic acids is 2. The second-order valence-corrected chi connectivity index (χ2v) is 8.28. The Balaban J connectivity index is 1.79. The summed E-state index contributed by atoms with van der Waals surface area (Å²) in [6.07, 6.45) is 4.57. The van der Waals surface area contributed by atoms with Crippen molar-refractivity contribution >= 4 is 17.5 Å². The fourth-order valence-corrected chi connectivity index (χ4v) is 5.33. The van der Waals surface area contributed by atoms with Crippen molar-refractivity contribution in [3.63, 3.8) is 0 Å². The molecule has 2 amide bonds. The zero-order valence-electron chi connectivity index (χ0n) is 17.8. The van der Waals surface area contributed by atoms with Gasteiger partial charge in [0, 0.05) is 24.9 Å². The minimum atomic E-state index is -0.491. The van der Waals surface area contributed by atoms with Gasteiger partial charge in [0.1, 0.15) is 0 Å². The number of methoxy groups -OCH3 is 1. The highest BCUT2D eigenvalue weighted by molar-refractivity contribution is 6.05. The third-order valence-electron chi connectivity index (χ3n) is 6.73. The fraction of sp³-hybridized carbons (Fsp3) is 0.440. The monoisotopic (exact) mass is 406 g/mol. The first kappa shape index (κ1) is 20.6. The van der Waals surface area contributed by atoms with Gasteiger partial charge in [0.25, 0.3) is 5.91 Å². The number of hydrogen-bond acceptors (Lipinski definition) is 3. The molecule has 2 aromatic carbocycles. The summed E-state index contributed by atoms with van der Waals surface area (Å²) in [4.78, 5) is 29.2. The number of fused-ring (bicyclic) bond motifs is 1. The van der Waals surface area contributed by atoms with Crippen LogP contribution in [0.5, 0.6) is 0 Å². The lowest BCUT2D eigenvalue weighted by atomic mass is 9.71. The van der Waals surface area contributed by atoms with E-state index in [1.165, 1.54) is 0 Å². The number of nitrogens with one attached hydrogen (secondary N) is 1. The minimum Gasteiger partial charge on any atom is -0.383 e. The second-order valence-electron chi connectivity index (χ2n) is 8.28. The highest BCUT2D eigenvalue weighted by Gasteiger charge is 2.55. The number of ether oxygens (including phenoxy) is 1. The summed E-state index contributed by atoms with van der Waals surface area (Å²) in [5.41, 5.74) is 2.97. The molecule has 0 saturated heterocycles. The van der Waals surface area contributed by atoms with Crippen LogP contribution in [-0.2, 0) is 16.0 Å². The maximum Gasteiger partial charge on any atom is 0.254 e. The number of amides is 2. The van der Waals surface area contributed by atoms with Crippen molar-refractivity contribution < 1.29 is 14.3 Å². The van der Waals surface area contributed by atoms with Gasteiger partial charge in [-0.05, 0) is 42.5 Å². The maximum absolute atomic E-state index is 13.8. The fourth-order valence-electron chi connectivity index (χ4n) is 5.33. The van der Waals surface area contributed by atoms with E-state index in [-0.39, 0.29) is 11.8 Å². The first-order valence-corrected chi connectivity index (χ1v) is 10.9. The van der Waals surface area contributed by atoms with Crippen LogP contribution >= 0.6 is 0 Å². The first-order chi connectivity index (χ1) is 14.6. The van der Waals surface area contributed by atoms with Crippen LogP contribution in [0.4, 0.5) is 5.69 Å². The highest BCUT2D eigenvalue weighted by Crippen LogP contribution is 2.50. The molecule has 1 N–H and O–H groups in total. The van der Waals surface area contributed by atoms with E-state index in [1.807, 2.05) is 53.4 Å². The highest BCUT2D eigenvalue weighted by atomic mass is 16.5. The van der Waals surface area contributed by atoms with Crippen LogP contribution in [-0.4, -0.2) is 42.5 Å². The van der Waals surface area contributed by atoms with E-state index in [0.29, 0.717) is 18.7 Å². The second kappa shape index (κ2) is 8.60. The molecule has 5 nitrogen and oxygen atoms in total. The molecule has 4 rings (SSSR count). The van der Waals surface area contributed by atoms with Gasteiger partial charge in [0.15, 0.2) is 0 Å². The van der Waals surface area contributed by atoms with Gasteiger partial charge in [-0.3, -0.25) is 9.59 Å². The molecule has 1 saturated carbocycles. The Kier molecular flexibility index (Phi) is 5.91. The van der Waals surface area contributed by atoms with E-state index < -0.39 is 11.5 Å². The molecule has 2 aromatic rings. The third-order valence-corrected chi connectivity index (χ3v) is 6.73. The summed E-state index contributed by atoms with van der Waals surface area (Å²) in [7, 11) is 1.65. The predicted octanol–water partition coefficient (Wildman–Crippen LogP) is 4.39. The lowest BCUT2D eigenvalue weighted by Gasteiger charge is -2.50. The molecule has 1 fully saturated rings. The molecule has 1 aliphatic carbocycles. The predicted molar refractivity (Wildman–Crippen MR) is 118 cm³/mol. The number of hydrogen-bond donors (Lipinski definition) is 1. The van der Waals surface area contributed by atoms with Crippen LogP contribution in [0.3, 0.4) is 0 Å².